The van der Waals surface area contributed by atoms with E-state index in [4.69, 9.17) is 9.15 Å². The first-order valence-electron chi connectivity index (χ1n) is 9.26. The monoisotopic (exact) mass is 401 g/mol. The largest absolute Gasteiger partial charge is 0.497 e. The second kappa shape index (κ2) is 7.79. The first-order valence-corrected chi connectivity index (χ1v) is 10.2. The quantitative estimate of drug-likeness (QED) is 0.850. The lowest BCUT2D eigenvalue weighted by Gasteiger charge is -2.43. The topological polar surface area (TPSA) is 75.0 Å². The Morgan fingerprint density at radius 2 is 2.11 bits per heavy atom. The van der Waals surface area contributed by atoms with Gasteiger partial charge in [-0.1, -0.05) is 6.07 Å². The van der Waals surface area contributed by atoms with Crippen molar-refractivity contribution in [1.82, 2.24) is 9.80 Å². The summed E-state index contributed by atoms with van der Waals surface area (Å²) >= 11 is 1.69. The SMILES string of the molecule is COc1cccc(NC(=O)N2CCC3(CC2)SCC(=O)N3Cc2ccco2)c1. The standard InChI is InChI=1S/C20H23N3O4S/c1-26-16-5-2-4-15(12-16)21-19(25)22-9-7-20(8-10-22)23(18(24)14-28-20)13-17-6-3-11-27-17/h2-6,11-12H,7-10,13-14H2,1H3,(H,21,25). The first-order chi connectivity index (χ1) is 13.6. The zero-order valence-electron chi connectivity index (χ0n) is 15.7. The summed E-state index contributed by atoms with van der Waals surface area (Å²) in [5, 5.41) is 2.93. The van der Waals surface area contributed by atoms with Gasteiger partial charge < -0.3 is 24.3 Å². The molecule has 4 rings (SSSR count). The van der Waals surface area contributed by atoms with Gasteiger partial charge in [0.15, 0.2) is 0 Å². The van der Waals surface area contributed by atoms with E-state index < -0.39 is 0 Å². The minimum atomic E-state index is -0.253. The predicted molar refractivity (Wildman–Crippen MR) is 107 cm³/mol. The Labute approximate surface area is 168 Å². The minimum absolute atomic E-state index is 0.130. The molecule has 0 bridgehead atoms. The van der Waals surface area contributed by atoms with Gasteiger partial charge in [-0.25, -0.2) is 4.79 Å². The zero-order chi connectivity index (χ0) is 19.6. The third-order valence-corrected chi connectivity index (χ3v) is 6.86. The van der Waals surface area contributed by atoms with Crippen molar-refractivity contribution in [1.29, 1.82) is 0 Å². The van der Waals surface area contributed by atoms with E-state index in [9.17, 15) is 9.59 Å². The van der Waals surface area contributed by atoms with Crippen molar-refractivity contribution in [3.8, 4) is 5.75 Å². The van der Waals surface area contributed by atoms with Crippen LogP contribution in [0.1, 0.15) is 18.6 Å². The molecule has 8 heteroatoms. The smallest absolute Gasteiger partial charge is 0.321 e. The number of hydrogen-bond acceptors (Lipinski definition) is 5. The second-order valence-electron chi connectivity index (χ2n) is 6.94. The summed E-state index contributed by atoms with van der Waals surface area (Å²) in [5.41, 5.74) is 0.703. The molecular weight excluding hydrogens is 378 g/mol. The Morgan fingerprint density at radius 3 is 2.82 bits per heavy atom. The summed E-state index contributed by atoms with van der Waals surface area (Å²) in [6.45, 7) is 1.68. The molecule has 0 aliphatic carbocycles. The number of benzene rings is 1. The molecule has 7 nitrogen and oxygen atoms in total. The number of piperidine rings is 1. The van der Waals surface area contributed by atoms with E-state index in [1.807, 2.05) is 35.2 Å². The average Bonchev–Trinajstić information content (AvgIpc) is 3.33. The van der Waals surface area contributed by atoms with Gasteiger partial charge in [0.1, 0.15) is 11.5 Å². The number of nitrogens with zero attached hydrogens (tertiary/aromatic N) is 2. The van der Waals surface area contributed by atoms with Gasteiger partial charge in [0.2, 0.25) is 5.91 Å². The molecule has 2 aliphatic rings. The van der Waals surface area contributed by atoms with Crippen molar-refractivity contribution >= 4 is 29.4 Å². The predicted octanol–water partition coefficient (Wildman–Crippen LogP) is 3.39. The zero-order valence-corrected chi connectivity index (χ0v) is 16.5. The summed E-state index contributed by atoms with van der Waals surface area (Å²) in [7, 11) is 1.60. The van der Waals surface area contributed by atoms with E-state index in [0.717, 1.165) is 18.6 Å². The number of hydrogen-bond donors (Lipinski definition) is 1. The molecule has 2 aliphatic heterocycles. The van der Waals surface area contributed by atoms with Crippen LogP contribution in [0.2, 0.25) is 0 Å². The van der Waals surface area contributed by atoms with E-state index in [-0.39, 0.29) is 16.8 Å². The molecule has 2 fully saturated rings. The maximum Gasteiger partial charge on any atom is 0.321 e. The van der Waals surface area contributed by atoms with Gasteiger partial charge in [0.05, 0.1) is 30.5 Å². The summed E-state index contributed by atoms with van der Waals surface area (Å²) in [5.74, 6) is 2.10. The second-order valence-corrected chi connectivity index (χ2v) is 8.28. The Bertz CT molecular complexity index is 847. The molecule has 2 saturated heterocycles. The van der Waals surface area contributed by atoms with Gasteiger partial charge in [-0.3, -0.25) is 4.79 Å². The molecule has 0 atom stereocenters. The number of methoxy groups -OCH3 is 1. The van der Waals surface area contributed by atoms with Crippen LogP contribution in [0.25, 0.3) is 0 Å². The van der Waals surface area contributed by atoms with E-state index >= 15 is 0 Å². The van der Waals surface area contributed by atoms with Crippen LogP contribution in [-0.4, -0.2) is 52.6 Å². The lowest BCUT2D eigenvalue weighted by atomic mass is 10.0. The fourth-order valence-corrected chi connectivity index (χ4v) is 5.09. The molecule has 1 spiro atoms. The van der Waals surface area contributed by atoms with E-state index in [1.165, 1.54) is 0 Å². The van der Waals surface area contributed by atoms with Crippen molar-refractivity contribution in [2.45, 2.75) is 24.3 Å². The lowest BCUT2D eigenvalue weighted by Crippen LogP contribution is -2.53. The molecule has 1 aromatic carbocycles. The van der Waals surface area contributed by atoms with Crippen LogP contribution in [0, 0.1) is 0 Å². The van der Waals surface area contributed by atoms with Crippen LogP contribution < -0.4 is 10.1 Å². The normalized spacial score (nSPS) is 18.5. The fraction of sp³-hybridized carbons (Fsp3) is 0.400. The van der Waals surface area contributed by atoms with Crippen molar-refractivity contribution in [2.75, 3.05) is 31.3 Å². The van der Waals surface area contributed by atoms with Crippen molar-refractivity contribution in [3.05, 3.63) is 48.4 Å². The van der Waals surface area contributed by atoms with Gasteiger partial charge >= 0.3 is 6.03 Å². The third kappa shape index (κ3) is 3.69. The van der Waals surface area contributed by atoms with Gasteiger partial charge in [-0.15, -0.1) is 11.8 Å². The molecular formula is C20H23N3O4S. The average molecular weight is 401 g/mol. The summed E-state index contributed by atoms with van der Waals surface area (Å²) in [6.07, 6.45) is 3.12. The highest BCUT2D eigenvalue weighted by Gasteiger charge is 2.48. The number of ether oxygens (including phenoxy) is 1. The Kier molecular flexibility index (Phi) is 5.21. The van der Waals surface area contributed by atoms with Crippen LogP contribution in [-0.2, 0) is 11.3 Å². The van der Waals surface area contributed by atoms with E-state index in [1.54, 1.807) is 36.1 Å². The number of amides is 3. The number of rotatable bonds is 4. The highest BCUT2D eigenvalue weighted by molar-refractivity contribution is 8.01. The molecule has 28 heavy (non-hydrogen) atoms. The van der Waals surface area contributed by atoms with Crippen LogP contribution in [0.3, 0.4) is 0 Å². The number of nitrogens with one attached hydrogen (secondary N) is 1. The Hall–Kier alpha value is -2.61. The first kappa shape index (κ1) is 18.7. The van der Waals surface area contributed by atoms with Gasteiger partial charge in [-0.2, -0.15) is 0 Å². The van der Waals surface area contributed by atoms with Gasteiger partial charge in [-0.05, 0) is 37.1 Å². The lowest BCUT2D eigenvalue weighted by molar-refractivity contribution is -0.132. The molecule has 1 aromatic heterocycles. The molecule has 0 saturated carbocycles. The fourth-order valence-electron chi connectivity index (χ4n) is 3.75. The van der Waals surface area contributed by atoms with E-state index in [0.29, 0.717) is 36.8 Å². The number of anilines is 1. The van der Waals surface area contributed by atoms with Crippen LogP contribution in [0.15, 0.2) is 47.1 Å². The van der Waals surface area contributed by atoms with Crippen molar-refractivity contribution in [3.63, 3.8) is 0 Å². The third-order valence-electron chi connectivity index (χ3n) is 5.30. The number of carbonyl (C=O) groups excluding carboxylic acids is 2. The van der Waals surface area contributed by atoms with Crippen LogP contribution >= 0.6 is 11.8 Å². The molecule has 0 unspecified atom stereocenters. The number of urea groups is 1. The number of furan rings is 1. The minimum Gasteiger partial charge on any atom is -0.497 e. The number of likely N-dealkylation sites (tertiary alicyclic amines) is 1. The number of thioether (sulfide) groups is 1. The highest BCUT2D eigenvalue weighted by Crippen LogP contribution is 2.45. The molecule has 148 valence electrons. The Balaban J connectivity index is 1.39. The molecule has 2 aromatic rings. The molecule has 1 N–H and O–H groups in total. The molecule has 3 amide bonds. The molecule has 0 radical (unpaired) electrons. The highest BCUT2D eigenvalue weighted by atomic mass is 32.2. The molecule has 3 heterocycles. The maximum absolute atomic E-state index is 12.6. The number of carbonyl (C=O) groups is 2. The maximum atomic E-state index is 12.6. The van der Waals surface area contributed by atoms with Crippen LogP contribution in [0.5, 0.6) is 5.75 Å². The summed E-state index contributed by atoms with van der Waals surface area (Å²) in [4.78, 5) is 28.6. The van der Waals surface area contributed by atoms with Crippen molar-refractivity contribution < 1.29 is 18.7 Å². The Morgan fingerprint density at radius 1 is 1.29 bits per heavy atom. The van der Waals surface area contributed by atoms with Crippen LogP contribution in [0.4, 0.5) is 10.5 Å². The summed E-state index contributed by atoms with van der Waals surface area (Å²) < 4.78 is 10.6. The van der Waals surface area contributed by atoms with E-state index in [2.05, 4.69) is 5.32 Å². The van der Waals surface area contributed by atoms with Gasteiger partial charge in [0, 0.05) is 24.8 Å². The summed E-state index contributed by atoms with van der Waals surface area (Å²) in [6, 6.07) is 10.9. The van der Waals surface area contributed by atoms with Gasteiger partial charge in [0.25, 0.3) is 0 Å². The van der Waals surface area contributed by atoms with Crippen molar-refractivity contribution in [2.24, 2.45) is 0 Å².